The van der Waals surface area contributed by atoms with E-state index in [1.54, 1.807) is 4.90 Å². The first-order valence-corrected chi connectivity index (χ1v) is 16.1. The lowest BCUT2D eigenvalue weighted by molar-refractivity contribution is -0.252. The topological polar surface area (TPSA) is 129 Å². The van der Waals surface area contributed by atoms with Crippen molar-refractivity contribution >= 4 is 46.4 Å². The molecule has 3 aliphatic heterocycles. The number of hydrogen-bond donors (Lipinski definition) is 2. The number of carboxylic acid groups (broad SMARTS) is 1. The Morgan fingerprint density at radius 3 is 2.48 bits per heavy atom. The van der Waals surface area contributed by atoms with Crippen LogP contribution in [0, 0.1) is 5.92 Å². The number of nitrogens with one attached hydrogen (secondary N) is 2. The summed E-state index contributed by atoms with van der Waals surface area (Å²) >= 11 is 0. The van der Waals surface area contributed by atoms with Gasteiger partial charge in [0.05, 0.1) is 28.3 Å². The Hall–Kier alpha value is -4.09. The Bertz CT molecular complexity index is 1870. The SMILES string of the molecule is CC(C)[C@H](NC(=O)[O-])C(=O)N1[C@@H](C)CC[C@H]1c1nc2c(ccc3cc4c(cc32)OCc2cc(B3OC(C)(C)C(C)(C)O3)ccc2-4)[nH]1. The molecule has 2 saturated heterocycles. The molecule has 240 valence electrons. The lowest BCUT2D eigenvalue weighted by Crippen LogP contribution is -2.55. The van der Waals surface area contributed by atoms with Crippen LogP contribution in [0.4, 0.5) is 4.79 Å². The third-order valence-electron chi connectivity index (χ3n) is 10.4. The second-order valence-electron chi connectivity index (χ2n) is 14.3. The zero-order chi connectivity index (χ0) is 32.7. The number of amides is 2. The molecule has 11 heteroatoms. The third kappa shape index (κ3) is 4.91. The fraction of sp³-hybridized carbons (Fsp3) is 0.457. The maximum absolute atomic E-state index is 13.7. The Balaban J connectivity index is 1.21. The Morgan fingerprint density at radius 1 is 1.04 bits per heavy atom. The minimum absolute atomic E-state index is 0.0574. The number of nitrogens with zero attached hydrogens (tertiary/aromatic N) is 2. The highest BCUT2D eigenvalue weighted by atomic mass is 16.7. The number of H-pyrrole nitrogens is 1. The van der Waals surface area contributed by atoms with Gasteiger partial charge >= 0.3 is 7.12 Å². The maximum Gasteiger partial charge on any atom is 0.494 e. The number of aromatic amines is 1. The molecule has 46 heavy (non-hydrogen) atoms. The highest BCUT2D eigenvalue weighted by molar-refractivity contribution is 6.62. The molecule has 0 aliphatic carbocycles. The number of hydrogen-bond acceptors (Lipinski definition) is 7. The van der Waals surface area contributed by atoms with E-state index in [2.05, 4.69) is 74.4 Å². The summed E-state index contributed by atoms with van der Waals surface area (Å²) in [6.45, 7) is 14.3. The van der Waals surface area contributed by atoms with Gasteiger partial charge in [0, 0.05) is 17.0 Å². The van der Waals surface area contributed by atoms with Crippen LogP contribution < -0.4 is 20.6 Å². The predicted molar refractivity (Wildman–Crippen MR) is 175 cm³/mol. The van der Waals surface area contributed by atoms with Gasteiger partial charge in [0.2, 0.25) is 5.91 Å². The summed E-state index contributed by atoms with van der Waals surface area (Å²) in [4.78, 5) is 35.3. The molecule has 7 rings (SSSR count). The van der Waals surface area contributed by atoms with E-state index < -0.39 is 30.5 Å². The van der Waals surface area contributed by atoms with E-state index >= 15 is 0 Å². The summed E-state index contributed by atoms with van der Waals surface area (Å²) in [5.41, 5.74) is 5.03. The van der Waals surface area contributed by atoms with Gasteiger partial charge in [-0.05, 0) is 93.6 Å². The molecule has 0 spiro atoms. The van der Waals surface area contributed by atoms with Crippen molar-refractivity contribution in [3.8, 4) is 16.9 Å². The number of carbonyl (C=O) groups excluding carboxylic acids is 2. The molecule has 0 radical (unpaired) electrons. The van der Waals surface area contributed by atoms with Gasteiger partial charge in [0.15, 0.2) is 0 Å². The fourth-order valence-electron chi connectivity index (χ4n) is 7.03. The second kappa shape index (κ2) is 10.7. The van der Waals surface area contributed by atoms with Crippen LogP contribution in [0.2, 0.25) is 0 Å². The van der Waals surface area contributed by atoms with Gasteiger partial charge in [-0.25, -0.2) is 4.98 Å². The Kier molecular flexibility index (Phi) is 7.13. The summed E-state index contributed by atoms with van der Waals surface area (Å²) in [5, 5.41) is 15.7. The zero-order valence-corrected chi connectivity index (χ0v) is 27.4. The average Bonchev–Trinajstić information content (AvgIpc) is 3.66. The molecular formula is C35H40BN4O6-. The lowest BCUT2D eigenvalue weighted by atomic mass is 9.77. The van der Waals surface area contributed by atoms with Crippen LogP contribution in [0.3, 0.4) is 0 Å². The molecule has 3 aromatic carbocycles. The van der Waals surface area contributed by atoms with E-state index in [0.717, 1.165) is 62.6 Å². The summed E-state index contributed by atoms with van der Waals surface area (Å²) in [6, 6.07) is 13.4. The largest absolute Gasteiger partial charge is 0.530 e. The van der Waals surface area contributed by atoms with E-state index in [1.807, 2.05) is 26.8 Å². The van der Waals surface area contributed by atoms with Crippen LogP contribution in [0.25, 0.3) is 32.9 Å². The number of aromatic nitrogens is 2. The first-order chi connectivity index (χ1) is 21.7. The van der Waals surface area contributed by atoms with E-state index in [0.29, 0.717) is 12.4 Å². The van der Waals surface area contributed by atoms with Crippen LogP contribution in [-0.4, -0.2) is 57.3 Å². The van der Waals surface area contributed by atoms with Crippen molar-refractivity contribution in [1.29, 1.82) is 0 Å². The van der Waals surface area contributed by atoms with E-state index in [4.69, 9.17) is 19.0 Å². The van der Waals surface area contributed by atoms with E-state index in [9.17, 15) is 14.7 Å². The molecule has 10 nitrogen and oxygen atoms in total. The number of carbonyl (C=O) groups is 2. The van der Waals surface area contributed by atoms with Crippen LogP contribution in [0.1, 0.15) is 78.7 Å². The lowest BCUT2D eigenvalue weighted by Gasteiger charge is -2.33. The van der Waals surface area contributed by atoms with Crippen LogP contribution >= 0.6 is 0 Å². The molecule has 3 aliphatic rings. The molecule has 0 unspecified atom stereocenters. The quantitative estimate of drug-likeness (QED) is 0.312. The number of ether oxygens (including phenoxy) is 1. The standard InChI is InChI=1S/C35H41BN4O6/c1-18(2)29(39-33(42)43)32(41)40-19(3)8-13-27(40)31-37-26-12-9-20-15-25-23-11-10-22(36-45-34(4,5)35(6,7)46-36)14-21(23)17-44-28(25)16-24(20)30(26)38-31/h9-12,14-16,18-19,27,29,39H,8,13,17H2,1-7H3,(H,37,38)(H,42,43)/p-1/t19-,27-,29-/m0/s1. The van der Waals surface area contributed by atoms with Gasteiger partial charge in [-0.3, -0.25) is 4.79 Å². The van der Waals surface area contributed by atoms with Crippen molar-refractivity contribution in [3.05, 3.63) is 53.9 Å². The number of rotatable bonds is 5. The Labute approximate surface area is 268 Å². The molecule has 2 amide bonds. The summed E-state index contributed by atoms with van der Waals surface area (Å²) < 4.78 is 18.9. The van der Waals surface area contributed by atoms with Gasteiger partial charge in [0.25, 0.3) is 0 Å². The first-order valence-electron chi connectivity index (χ1n) is 16.1. The molecular weight excluding hydrogens is 583 g/mol. The van der Waals surface area contributed by atoms with Gasteiger partial charge in [-0.2, -0.15) is 0 Å². The maximum atomic E-state index is 13.7. The van der Waals surface area contributed by atoms with Crippen LogP contribution in [0.5, 0.6) is 5.75 Å². The van der Waals surface area contributed by atoms with Crippen molar-refractivity contribution in [1.82, 2.24) is 20.2 Å². The van der Waals surface area contributed by atoms with Gasteiger partial charge in [-0.1, -0.05) is 38.1 Å². The molecule has 0 saturated carbocycles. The number of imidazole rings is 1. The fourth-order valence-corrected chi connectivity index (χ4v) is 7.03. The summed E-state index contributed by atoms with van der Waals surface area (Å²) in [5.74, 6) is 0.988. The van der Waals surface area contributed by atoms with Gasteiger partial charge in [-0.15, -0.1) is 0 Å². The molecule has 4 aromatic rings. The molecule has 4 heterocycles. The molecule has 3 atom stereocenters. The number of benzene rings is 3. The smallest absolute Gasteiger partial charge is 0.494 e. The minimum atomic E-state index is -1.45. The molecule has 1 aromatic heterocycles. The zero-order valence-electron chi connectivity index (χ0n) is 27.4. The predicted octanol–water partition coefficient (Wildman–Crippen LogP) is 4.58. The van der Waals surface area contributed by atoms with Crippen molar-refractivity contribution < 1.29 is 28.7 Å². The van der Waals surface area contributed by atoms with Crippen LogP contribution in [0.15, 0.2) is 42.5 Å². The van der Waals surface area contributed by atoms with Gasteiger partial charge < -0.3 is 39.1 Å². The van der Waals surface area contributed by atoms with Crippen molar-refractivity contribution in [3.63, 3.8) is 0 Å². The highest BCUT2D eigenvalue weighted by Gasteiger charge is 2.52. The van der Waals surface area contributed by atoms with Crippen molar-refractivity contribution in [2.45, 2.75) is 97.2 Å². The van der Waals surface area contributed by atoms with E-state index in [-0.39, 0.29) is 23.9 Å². The average molecular weight is 624 g/mol. The minimum Gasteiger partial charge on any atom is -0.530 e. The Morgan fingerprint density at radius 2 is 1.78 bits per heavy atom. The van der Waals surface area contributed by atoms with Crippen molar-refractivity contribution in [2.24, 2.45) is 5.92 Å². The monoisotopic (exact) mass is 623 g/mol. The molecule has 2 N–H and O–H groups in total. The first kappa shape index (κ1) is 30.6. The second-order valence-corrected chi connectivity index (χ2v) is 14.3. The van der Waals surface area contributed by atoms with Crippen molar-refractivity contribution in [2.75, 3.05) is 0 Å². The summed E-state index contributed by atoms with van der Waals surface area (Å²) in [6.07, 6.45) is 0.0647. The summed E-state index contributed by atoms with van der Waals surface area (Å²) in [7, 11) is -0.439. The number of likely N-dealkylation sites (tertiary alicyclic amines) is 1. The van der Waals surface area contributed by atoms with E-state index in [1.165, 1.54) is 0 Å². The molecule has 0 bridgehead atoms. The van der Waals surface area contributed by atoms with Gasteiger partial charge in [0.1, 0.15) is 30.3 Å². The normalized spacial score (nSPS) is 22.2. The molecule has 2 fully saturated rings. The highest BCUT2D eigenvalue weighted by Crippen LogP contribution is 2.43. The third-order valence-corrected chi connectivity index (χ3v) is 10.4. The van der Waals surface area contributed by atoms with Crippen LogP contribution in [-0.2, 0) is 20.7 Å². The number of fused-ring (bicyclic) bond motifs is 6.